The summed E-state index contributed by atoms with van der Waals surface area (Å²) < 4.78 is 0. The lowest BCUT2D eigenvalue weighted by Crippen LogP contribution is -2.26. The van der Waals surface area contributed by atoms with Crippen LogP contribution in [0.5, 0.6) is 0 Å². The standard InChI is InChI=1S/C13H12N4/c14-8-10-7-11(17-13-15-4-5-16-13)6-9-2-1-3-12(9)10/h1-2,6-7H,3-5H2,(H2,15,16,17). The molecule has 2 N–H and O–H groups in total. The fourth-order valence-corrected chi connectivity index (χ4v) is 2.16. The van der Waals surface area contributed by atoms with Gasteiger partial charge in [-0.1, -0.05) is 12.2 Å². The summed E-state index contributed by atoms with van der Waals surface area (Å²) in [5.74, 6) is 0.788. The summed E-state index contributed by atoms with van der Waals surface area (Å²) in [4.78, 5) is 4.27. The van der Waals surface area contributed by atoms with E-state index in [9.17, 15) is 0 Å². The van der Waals surface area contributed by atoms with Crippen LogP contribution in [-0.4, -0.2) is 19.0 Å². The Morgan fingerprint density at radius 3 is 3.12 bits per heavy atom. The molecule has 4 nitrogen and oxygen atoms in total. The predicted molar refractivity (Wildman–Crippen MR) is 67.8 cm³/mol. The molecule has 1 heterocycles. The van der Waals surface area contributed by atoms with Crippen molar-refractivity contribution in [3.8, 4) is 6.07 Å². The van der Waals surface area contributed by atoms with Crippen LogP contribution in [0.3, 0.4) is 0 Å². The molecular formula is C13H12N4. The zero-order valence-electron chi connectivity index (χ0n) is 9.33. The maximum Gasteiger partial charge on any atom is 0.195 e. The summed E-state index contributed by atoms with van der Waals surface area (Å²) in [7, 11) is 0. The van der Waals surface area contributed by atoms with E-state index < -0.39 is 0 Å². The van der Waals surface area contributed by atoms with E-state index >= 15 is 0 Å². The molecule has 17 heavy (non-hydrogen) atoms. The van der Waals surface area contributed by atoms with Gasteiger partial charge in [0.1, 0.15) is 0 Å². The van der Waals surface area contributed by atoms with E-state index in [4.69, 9.17) is 5.26 Å². The summed E-state index contributed by atoms with van der Waals surface area (Å²) in [5, 5.41) is 15.5. The number of aliphatic imine (C=N–C) groups is 1. The van der Waals surface area contributed by atoms with Crippen LogP contribution in [0.25, 0.3) is 6.08 Å². The third-order valence-electron chi connectivity index (χ3n) is 2.96. The number of benzene rings is 1. The van der Waals surface area contributed by atoms with E-state index in [0.29, 0.717) is 0 Å². The molecule has 1 aliphatic carbocycles. The first kappa shape index (κ1) is 9.91. The van der Waals surface area contributed by atoms with E-state index in [1.54, 1.807) is 0 Å². The van der Waals surface area contributed by atoms with Gasteiger partial charge < -0.3 is 10.6 Å². The summed E-state index contributed by atoms with van der Waals surface area (Å²) in [6.07, 6.45) is 5.00. The summed E-state index contributed by atoms with van der Waals surface area (Å²) in [6.45, 7) is 1.68. The van der Waals surface area contributed by atoms with Crippen LogP contribution in [0.1, 0.15) is 16.7 Å². The fraction of sp³-hybridized carbons (Fsp3) is 0.231. The van der Waals surface area contributed by atoms with Gasteiger partial charge in [0.05, 0.1) is 18.2 Å². The molecule has 0 radical (unpaired) electrons. The van der Waals surface area contributed by atoms with Crippen molar-refractivity contribution in [3.05, 3.63) is 34.9 Å². The minimum atomic E-state index is 0.744. The molecule has 1 aliphatic heterocycles. The molecule has 4 heteroatoms. The molecule has 0 aromatic heterocycles. The van der Waals surface area contributed by atoms with E-state index in [1.165, 1.54) is 0 Å². The fourth-order valence-electron chi connectivity index (χ4n) is 2.16. The predicted octanol–water partition coefficient (Wildman–Crippen LogP) is 1.50. The second kappa shape index (κ2) is 3.95. The summed E-state index contributed by atoms with van der Waals surface area (Å²) >= 11 is 0. The number of allylic oxidation sites excluding steroid dienone is 1. The number of hydrogen-bond donors (Lipinski definition) is 2. The molecule has 84 valence electrons. The minimum Gasteiger partial charge on any atom is -0.354 e. The molecule has 0 amide bonds. The number of rotatable bonds is 1. The van der Waals surface area contributed by atoms with Crippen LogP contribution in [0.15, 0.2) is 23.2 Å². The maximum absolute atomic E-state index is 9.14. The SMILES string of the molecule is N#Cc1cc(NC2=NCCN2)cc2c1CC=C2. The van der Waals surface area contributed by atoms with Crippen molar-refractivity contribution in [2.45, 2.75) is 6.42 Å². The Kier molecular flexibility index (Phi) is 2.30. The highest BCUT2D eigenvalue weighted by atomic mass is 15.2. The third kappa shape index (κ3) is 1.76. The largest absolute Gasteiger partial charge is 0.354 e. The van der Waals surface area contributed by atoms with Gasteiger partial charge in [-0.2, -0.15) is 5.26 Å². The Morgan fingerprint density at radius 1 is 1.41 bits per heavy atom. The van der Waals surface area contributed by atoms with E-state index in [-0.39, 0.29) is 0 Å². The van der Waals surface area contributed by atoms with Gasteiger partial charge in [0.15, 0.2) is 5.96 Å². The van der Waals surface area contributed by atoms with Crippen molar-refractivity contribution in [2.24, 2.45) is 4.99 Å². The lowest BCUT2D eigenvalue weighted by Gasteiger charge is -2.09. The average Bonchev–Trinajstić information content (AvgIpc) is 2.98. The van der Waals surface area contributed by atoms with Crippen LogP contribution in [0.2, 0.25) is 0 Å². The van der Waals surface area contributed by atoms with Crippen molar-refractivity contribution < 1.29 is 0 Å². The number of nitrogens with zero attached hydrogens (tertiary/aromatic N) is 2. The van der Waals surface area contributed by atoms with Crippen LogP contribution in [0.4, 0.5) is 5.69 Å². The smallest absolute Gasteiger partial charge is 0.195 e. The zero-order valence-corrected chi connectivity index (χ0v) is 9.33. The molecule has 0 unspecified atom stereocenters. The van der Waals surface area contributed by atoms with Crippen molar-refractivity contribution >= 4 is 17.7 Å². The third-order valence-corrected chi connectivity index (χ3v) is 2.96. The van der Waals surface area contributed by atoms with E-state index in [0.717, 1.165) is 47.8 Å². The Balaban J connectivity index is 1.95. The van der Waals surface area contributed by atoms with Crippen LogP contribution in [-0.2, 0) is 6.42 Å². The first-order valence-electron chi connectivity index (χ1n) is 5.66. The Labute approximate surface area is 99.7 Å². The number of hydrogen-bond acceptors (Lipinski definition) is 4. The molecule has 0 saturated heterocycles. The summed E-state index contributed by atoms with van der Waals surface area (Å²) in [5.41, 5.74) is 3.91. The molecule has 2 aliphatic rings. The van der Waals surface area contributed by atoms with Crippen molar-refractivity contribution in [1.29, 1.82) is 5.26 Å². The van der Waals surface area contributed by atoms with Gasteiger partial charge in [-0.3, -0.25) is 4.99 Å². The van der Waals surface area contributed by atoms with Gasteiger partial charge >= 0.3 is 0 Å². The van der Waals surface area contributed by atoms with Gasteiger partial charge in [0.25, 0.3) is 0 Å². The monoisotopic (exact) mass is 224 g/mol. The highest BCUT2D eigenvalue weighted by Gasteiger charge is 2.13. The second-order valence-corrected chi connectivity index (χ2v) is 4.09. The van der Waals surface area contributed by atoms with Crippen molar-refractivity contribution in [2.75, 3.05) is 18.4 Å². The van der Waals surface area contributed by atoms with E-state index in [1.807, 2.05) is 6.07 Å². The van der Waals surface area contributed by atoms with E-state index in [2.05, 4.69) is 39.9 Å². The number of nitriles is 1. The molecule has 1 aromatic rings. The lowest BCUT2D eigenvalue weighted by molar-refractivity contribution is 0.959. The van der Waals surface area contributed by atoms with Crippen molar-refractivity contribution in [1.82, 2.24) is 5.32 Å². The van der Waals surface area contributed by atoms with Crippen LogP contribution < -0.4 is 10.6 Å². The van der Waals surface area contributed by atoms with Gasteiger partial charge in [-0.25, -0.2) is 0 Å². The second-order valence-electron chi connectivity index (χ2n) is 4.09. The molecule has 0 fully saturated rings. The molecule has 3 rings (SSSR count). The van der Waals surface area contributed by atoms with Gasteiger partial charge in [0.2, 0.25) is 0 Å². The first-order valence-corrected chi connectivity index (χ1v) is 5.66. The summed E-state index contributed by atoms with van der Waals surface area (Å²) in [6, 6.07) is 6.19. The molecule has 0 spiro atoms. The van der Waals surface area contributed by atoms with Gasteiger partial charge in [-0.05, 0) is 29.7 Å². The molecule has 0 atom stereocenters. The molecular weight excluding hydrogens is 212 g/mol. The Bertz CT molecular complexity index is 564. The number of nitrogens with one attached hydrogen (secondary N) is 2. The Hall–Kier alpha value is -2.28. The lowest BCUT2D eigenvalue weighted by atomic mass is 10.0. The van der Waals surface area contributed by atoms with Gasteiger partial charge in [0, 0.05) is 12.2 Å². The van der Waals surface area contributed by atoms with Crippen molar-refractivity contribution in [3.63, 3.8) is 0 Å². The normalized spacial score (nSPS) is 16.1. The first-order chi connectivity index (χ1) is 8.36. The van der Waals surface area contributed by atoms with Crippen LogP contribution in [0, 0.1) is 11.3 Å². The van der Waals surface area contributed by atoms with Crippen LogP contribution >= 0.6 is 0 Å². The Morgan fingerprint density at radius 2 is 2.35 bits per heavy atom. The number of fused-ring (bicyclic) bond motifs is 1. The molecule has 0 saturated carbocycles. The minimum absolute atomic E-state index is 0.744. The quantitative estimate of drug-likeness (QED) is 0.760. The molecule has 1 aromatic carbocycles. The molecule has 0 bridgehead atoms. The number of guanidine groups is 1. The maximum atomic E-state index is 9.14. The van der Waals surface area contributed by atoms with Gasteiger partial charge in [-0.15, -0.1) is 0 Å². The topological polar surface area (TPSA) is 60.2 Å². The number of anilines is 1. The average molecular weight is 224 g/mol. The highest BCUT2D eigenvalue weighted by molar-refractivity contribution is 5.95. The highest BCUT2D eigenvalue weighted by Crippen LogP contribution is 2.27. The zero-order chi connectivity index (χ0) is 11.7.